The van der Waals surface area contributed by atoms with Gasteiger partial charge in [0.2, 0.25) is 0 Å². The molecule has 20 heavy (non-hydrogen) atoms. The fraction of sp³-hybridized carbons (Fsp3) is 0.333. The van der Waals surface area contributed by atoms with Crippen LogP contribution in [-0.2, 0) is 5.41 Å². The van der Waals surface area contributed by atoms with Crippen molar-refractivity contribution < 1.29 is 10.2 Å². The molecule has 2 N–H and O–H groups in total. The van der Waals surface area contributed by atoms with Crippen LogP contribution >= 0.6 is 0 Å². The van der Waals surface area contributed by atoms with Gasteiger partial charge in [0.1, 0.15) is 0 Å². The first-order valence-electron chi connectivity index (χ1n) is 7.16. The summed E-state index contributed by atoms with van der Waals surface area (Å²) in [7, 11) is 0. The Balaban J connectivity index is 2.41. The Morgan fingerprint density at radius 2 is 1.20 bits per heavy atom. The highest BCUT2D eigenvalue weighted by Gasteiger charge is 2.32. The van der Waals surface area contributed by atoms with Gasteiger partial charge in [-0.25, -0.2) is 0 Å². The van der Waals surface area contributed by atoms with Gasteiger partial charge in [-0.15, -0.1) is 0 Å². The molecule has 2 heteroatoms. The summed E-state index contributed by atoms with van der Waals surface area (Å²) in [6, 6.07) is 20.3. The standard InChI is InChI=1S/C18H22O2/c19-14-8-7-13-18(15-20,16-9-3-1-4-10-16)17-11-5-2-6-12-17/h1-6,9-12,19-20H,7-8,13-15H2. The van der Waals surface area contributed by atoms with E-state index in [0.717, 1.165) is 30.4 Å². The third kappa shape index (κ3) is 3.09. The summed E-state index contributed by atoms with van der Waals surface area (Å²) >= 11 is 0. The molecule has 0 spiro atoms. The summed E-state index contributed by atoms with van der Waals surface area (Å²) in [5.41, 5.74) is 1.89. The monoisotopic (exact) mass is 270 g/mol. The predicted octanol–water partition coefficient (Wildman–Crippen LogP) is 3.13. The second-order valence-electron chi connectivity index (χ2n) is 5.15. The van der Waals surface area contributed by atoms with Crippen LogP contribution in [0.5, 0.6) is 0 Å². The van der Waals surface area contributed by atoms with E-state index in [4.69, 9.17) is 5.11 Å². The number of aliphatic hydroxyl groups is 2. The van der Waals surface area contributed by atoms with E-state index >= 15 is 0 Å². The van der Waals surface area contributed by atoms with Crippen LogP contribution in [0.4, 0.5) is 0 Å². The van der Waals surface area contributed by atoms with E-state index in [2.05, 4.69) is 24.3 Å². The maximum absolute atomic E-state index is 10.1. The fourth-order valence-electron chi connectivity index (χ4n) is 2.77. The van der Waals surface area contributed by atoms with E-state index in [9.17, 15) is 5.11 Å². The van der Waals surface area contributed by atoms with Crippen molar-refractivity contribution in [2.75, 3.05) is 13.2 Å². The first-order chi connectivity index (χ1) is 9.83. The maximum atomic E-state index is 10.1. The van der Waals surface area contributed by atoms with Crippen molar-refractivity contribution in [1.82, 2.24) is 0 Å². The summed E-state index contributed by atoms with van der Waals surface area (Å²) < 4.78 is 0. The zero-order valence-electron chi connectivity index (χ0n) is 11.7. The molecule has 0 aromatic heterocycles. The van der Waals surface area contributed by atoms with Gasteiger partial charge >= 0.3 is 0 Å². The highest BCUT2D eigenvalue weighted by molar-refractivity contribution is 5.39. The van der Waals surface area contributed by atoms with Crippen molar-refractivity contribution >= 4 is 0 Å². The quantitative estimate of drug-likeness (QED) is 0.759. The lowest BCUT2D eigenvalue weighted by molar-refractivity contribution is 0.202. The van der Waals surface area contributed by atoms with Gasteiger partial charge in [-0.2, -0.15) is 0 Å². The molecule has 0 aliphatic heterocycles. The van der Waals surface area contributed by atoms with Crippen LogP contribution in [0.2, 0.25) is 0 Å². The van der Waals surface area contributed by atoms with Gasteiger partial charge in [0.05, 0.1) is 6.61 Å². The Morgan fingerprint density at radius 1 is 0.700 bits per heavy atom. The zero-order chi connectivity index (χ0) is 14.3. The maximum Gasteiger partial charge on any atom is 0.0568 e. The lowest BCUT2D eigenvalue weighted by Gasteiger charge is -2.33. The third-order valence-electron chi connectivity index (χ3n) is 3.93. The molecule has 0 saturated heterocycles. The van der Waals surface area contributed by atoms with Gasteiger partial charge in [-0.1, -0.05) is 60.7 Å². The first kappa shape index (κ1) is 14.8. The minimum Gasteiger partial charge on any atom is -0.396 e. The molecule has 106 valence electrons. The summed E-state index contributed by atoms with van der Waals surface area (Å²) in [6.07, 6.45) is 2.49. The largest absolute Gasteiger partial charge is 0.396 e. The van der Waals surface area contributed by atoms with Crippen molar-refractivity contribution in [1.29, 1.82) is 0 Å². The van der Waals surface area contributed by atoms with Crippen LogP contribution in [0.25, 0.3) is 0 Å². The second kappa shape index (κ2) is 7.22. The van der Waals surface area contributed by atoms with Crippen molar-refractivity contribution in [3.63, 3.8) is 0 Å². The van der Waals surface area contributed by atoms with Crippen LogP contribution in [0.3, 0.4) is 0 Å². The molecule has 2 aromatic rings. The average molecular weight is 270 g/mol. The topological polar surface area (TPSA) is 40.5 Å². The first-order valence-corrected chi connectivity index (χ1v) is 7.16. The Bertz CT molecular complexity index is 454. The van der Waals surface area contributed by atoms with Crippen molar-refractivity contribution in [3.05, 3.63) is 71.8 Å². The normalized spacial score (nSPS) is 11.5. The van der Waals surface area contributed by atoms with E-state index in [1.54, 1.807) is 0 Å². The van der Waals surface area contributed by atoms with Gasteiger partial charge in [0.15, 0.2) is 0 Å². The van der Waals surface area contributed by atoms with Crippen molar-refractivity contribution in [3.8, 4) is 0 Å². The molecule has 0 aliphatic carbocycles. The van der Waals surface area contributed by atoms with Crippen molar-refractivity contribution in [2.45, 2.75) is 24.7 Å². The summed E-state index contributed by atoms with van der Waals surface area (Å²) in [5.74, 6) is 0. The minimum absolute atomic E-state index is 0.0758. The molecule has 0 fully saturated rings. The number of unbranched alkanes of at least 4 members (excludes halogenated alkanes) is 1. The highest BCUT2D eigenvalue weighted by Crippen LogP contribution is 2.36. The molecule has 2 aromatic carbocycles. The van der Waals surface area contributed by atoms with E-state index in [1.165, 1.54) is 0 Å². The lowest BCUT2D eigenvalue weighted by atomic mass is 9.71. The van der Waals surface area contributed by atoms with Crippen molar-refractivity contribution in [2.24, 2.45) is 0 Å². The van der Waals surface area contributed by atoms with Crippen LogP contribution in [0.1, 0.15) is 30.4 Å². The number of aliphatic hydroxyl groups excluding tert-OH is 2. The second-order valence-corrected chi connectivity index (χ2v) is 5.15. The predicted molar refractivity (Wildman–Crippen MR) is 81.7 cm³/mol. The van der Waals surface area contributed by atoms with E-state index in [-0.39, 0.29) is 18.6 Å². The number of rotatable bonds is 7. The molecule has 0 radical (unpaired) electrons. The van der Waals surface area contributed by atoms with Crippen LogP contribution in [0, 0.1) is 0 Å². The Kier molecular flexibility index (Phi) is 5.33. The molecule has 0 saturated carbocycles. The summed E-state index contributed by atoms with van der Waals surface area (Å²) in [4.78, 5) is 0. The van der Waals surface area contributed by atoms with Gasteiger partial charge < -0.3 is 10.2 Å². The molecule has 2 rings (SSSR count). The highest BCUT2D eigenvalue weighted by atomic mass is 16.3. The number of hydrogen-bond acceptors (Lipinski definition) is 2. The molecule has 0 amide bonds. The van der Waals surface area contributed by atoms with E-state index in [1.807, 2.05) is 36.4 Å². The number of benzene rings is 2. The molecular weight excluding hydrogens is 248 g/mol. The SMILES string of the molecule is OCCCCC(CO)(c1ccccc1)c1ccccc1. The molecule has 0 atom stereocenters. The smallest absolute Gasteiger partial charge is 0.0568 e. The minimum atomic E-state index is -0.377. The molecule has 2 nitrogen and oxygen atoms in total. The lowest BCUT2D eigenvalue weighted by Crippen LogP contribution is -2.32. The van der Waals surface area contributed by atoms with Crippen LogP contribution < -0.4 is 0 Å². The van der Waals surface area contributed by atoms with Crippen LogP contribution in [0.15, 0.2) is 60.7 Å². The van der Waals surface area contributed by atoms with Gasteiger partial charge in [-0.05, 0) is 30.4 Å². The van der Waals surface area contributed by atoms with E-state index in [0.29, 0.717) is 0 Å². The van der Waals surface area contributed by atoms with Gasteiger partial charge in [-0.3, -0.25) is 0 Å². The van der Waals surface area contributed by atoms with Gasteiger partial charge in [0, 0.05) is 12.0 Å². The average Bonchev–Trinajstić information content (AvgIpc) is 2.54. The zero-order valence-corrected chi connectivity index (χ0v) is 11.7. The van der Waals surface area contributed by atoms with Crippen LogP contribution in [-0.4, -0.2) is 23.4 Å². The summed E-state index contributed by atoms with van der Waals surface area (Å²) in [5, 5.41) is 19.1. The van der Waals surface area contributed by atoms with E-state index < -0.39 is 0 Å². The Labute approximate surface area is 120 Å². The molecule has 0 unspecified atom stereocenters. The molecule has 0 bridgehead atoms. The molecular formula is C18H22O2. The summed E-state index contributed by atoms with van der Waals surface area (Å²) in [6.45, 7) is 0.275. The molecule has 0 aliphatic rings. The fourth-order valence-corrected chi connectivity index (χ4v) is 2.77. The molecule has 0 heterocycles. The number of hydrogen-bond donors (Lipinski definition) is 2. The third-order valence-corrected chi connectivity index (χ3v) is 3.93. The van der Waals surface area contributed by atoms with Gasteiger partial charge in [0.25, 0.3) is 0 Å². The Morgan fingerprint density at radius 3 is 1.60 bits per heavy atom. The Hall–Kier alpha value is -1.64.